The van der Waals surface area contributed by atoms with Gasteiger partial charge in [-0.1, -0.05) is 24.0 Å². The molecule has 1 aromatic heterocycles. The number of hydrogen-bond acceptors (Lipinski definition) is 2. The first kappa shape index (κ1) is 17.4. The maximum atomic E-state index is 11.8. The number of carbonyl (C=O) groups is 1. The maximum Gasteiger partial charge on any atom is 0.336 e. The fourth-order valence-corrected chi connectivity index (χ4v) is 3.17. The zero-order valence-corrected chi connectivity index (χ0v) is 15.2. The van der Waals surface area contributed by atoms with E-state index in [-0.39, 0.29) is 5.56 Å². The van der Waals surface area contributed by atoms with Crippen molar-refractivity contribution < 1.29 is 14.6 Å². The number of ether oxygens (including phenoxy) is 1. The van der Waals surface area contributed by atoms with Crippen molar-refractivity contribution in [3.8, 4) is 28.7 Å². The van der Waals surface area contributed by atoms with Crippen LogP contribution in [0.3, 0.4) is 0 Å². The van der Waals surface area contributed by atoms with Gasteiger partial charge in [-0.25, -0.2) is 4.79 Å². The topological polar surface area (TPSA) is 62.3 Å². The highest BCUT2D eigenvalue weighted by Gasteiger charge is 2.15. The molecule has 0 fully saturated rings. The number of aromatic carboxylic acids is 1. The number of carboxylic acid groups (broad SMARTS) is 1. The predicted octanol–water partition coefficient (Wildman–Crippen LogP) is 4.94. The number of methoxy groups -OCH3 is 1. The summed E-state index contributed by atoms with van der Waals surface area (Å²) in [4.78, 5) is 15.0. The Kier molecular flexibility index (Phi) is 4.57. The van der Waals surface area contributed by atoms with Crippen LogP contribution in [0.5, 0.6) is 5.75 Å². The van der Waals surface area contributed by atoms with Crippen LogP contribution in [0.15, 0.2) is 72.9 Å². The highest BCUT2D eigenvalue weighted by atomic mass is 16.5. The number of H-pyrrole nitrogens is 1. The quantitative estimate of drug-likeness (QED) is 0.504. The van der Waals surface area contributed by atoms with Crippen LogP contribution in [0, 0.1) is 11.8 Å². The third kappa shape index (κ3) is 3.34. The lowest BCUT2D eigenvalue weighted by Gasteiger charge is -2.10. The molecular formula is C24H17NO3. The Balaban J connectivity index is 1.84. The van der Waals surface area contributed by atoms with Crippen LogP contribution < -0.4 is 4.74 Å². The normalized spacial score (nSPS) is 10.3. The standard InChI is InChI=1S/C24H17NO3/c1-28-20-10-6-16(7-11-20)5-8-17-3-2-4-21(24(26)27)23(17)19-9-12-22-18(15-19)13-14-25-22/h2-4,6-7,9-15,25H,1H3,(H,26,27). The van der Waals surface area contributed by atoms with Gasteiger partial charge in [0.25, 0.3) is 0 Å². The average molecular weight is 367 g/mol. The Morgan fingerprint density at radius 3 is 2.57 bits per heavy atom. The van der Waals surface area contributed by atoms with Gasteiger partial charge in [-0.05, 0) is 65.5 Å². The molecule has 0 amide bonds. The van der Waals surface area contributed by atoms with Gasteiger partial charge in [0.2, 0.25) is 0 Å². The minimum Gasteiger partial charge on any atom is -0.497 e. The van der Waals surface area contributed by atoms with Gasteiger partial charge in [-0.2, -0.15) is 0 Å². The van der Waals surface area contributed by atoms with Gasteiger partial charge in [0.15, 0.2) is 0 Å². The number of carboxylic acids is 1. The largest absolute Gasteiger partial charge is 0.497 e. The number of benzene rings is 3. The summed E-state index contributed by atoms with van der Waals surface area (Å²) in [5, 5.41) is 10.7. The first-order chi connectivity index (χ1) is 13.7. The van der Waals surface area contributed by atoms with Crippen LogP contribution in [0.1, 0.15) is 21.5 Å². The fraction of sp³-hybridized carbons (Fsp3) is 0.0417. The van der Waals surface area contributed by atoms with E-state index >= 15 is 0 Å². The Hall–Kier alpha value is -3.97. The highest BCUT2D eigenvalue weighted by molar-refractivity contribution is 5.99. The second-order valence-corrected chi connectivity index (χ2v) is 6.29. The lowest BCUT2D eigenvalue weighted by molar-refractivity contribution is 0.0697. The van der Waals surface area contributed by atoms with Gasteiger partial charge in [0, 0.05) is 28.4 Å². The van der Waals surface area contributed by atoms with E-state index in [1.165, 1.54) is 0 Å². The molecule has 2 N–H and O–H groups in total. The molecule has 0 aliphatic heterocycles. The fourth-order valence-electron chi connectivity index (χ4n) is 3.17. The first-order valence-electron chi connectivity index (χ1n) is 8.75. The van der Waals surface area contributed by atoms with E-state index in [0.29, 0.717) is 11.1 Å². The van der Waals surface area contributed by atoms with E-state index in [1.54, 1.807) is 19.2 Å². The summed E-state index contributed by atoms with van der Waals surface area (Å²) in [5.74, 6) is 6.04. The molecule has 4 heteroatoms. The van der Waals surface area contributed by atoms with Crippen LogP contribution in [0.4, 0.5) is 0 Å². The zero-order chi connectivity index (χ0) is 19.5. The van der Waals surface area contributed by atoms with Crippen molar-refractivity contribution >= 4 is 16.9 Å². The zero-order valence-electron chi connectivity index (χ0n) is 15.2. The summed E-state index contributed by atoms with van der Waals surface area (Å²) in [6, 6.07) is 20.4. The van der Waals surface area contributed by atoms with Crippen LogP contribution in [0.2, 0.25) is 0 Å². The number of fused-ring (bicyclic) bond motifs is 1. The molecular weight excluding hydrogens is 350 g/mol. The van der Waals surface area contributed by atoms with Crippen molar-refractivity contribution in [2.24, 2.45) is 0 Å². The highest BCUT2D eigenvalue weighted by Crippen LogP contribution is 2.30. The van der Waals surface area contributed by atoms with Crippen molar-refractivity contribution in [1.82, 2.24) is 4.98 Å². The summed E-state index contributed by atoms with van der Waals surface area (Å²) in [7, 11) is 1.62. The van der Waals surface area contributed by atoms with Gasteiger partial charge in [0.05, 0.1) is 12.7 Å². The summed E-state index contributed by atoms with van der Waals surface area (Å²) in [6.07, 6.45) is 1.86. The number of hydrogen-bond donors (Lipinski definition) is 2. The lowest BCUT2D eigenvalue weighted by Crippen LogP contribution is -2.01. The summed E-state index contributed by atoms with van der Waals surface area (Å²) < 4.78 is 5.16. The number of rotatable bonds is 3. The lowest BCUT2D eigenvalue weighted by atomic mass is 9.93. The Bertz CT molecular complexity index is 1220. The minimum atomic E-state index is -0.975. The second kappa shape index (κ2) is 7.34. The SMILES string of the molecule is COc1ccc(C#Cc2cccc(C(=O)O)c2-c2ccc3[nH]ccc3c2)cc1. The Morgan fingerprint density at radius 2 is 1.82 bits per heavy atom. The van der Waals surface area contributed by atoms with E-state index in [9.17, 15) is 9.90 Å². The molecule has 0 saturated carbocycles. The van der Waals surface area contributed by atoms with Gasteiger partial charge in [-0.15, -0.1) is 0 Å². The Morgan fingerprint density at radius 1 is 1.00 bits per heavy atom. The van der Waals surface area contributed by atoms with E-state index in [4.69, 9.17) is 4.74 Å². The Labute approximate surface area is 162 Å². The maximum absolute atomic E-state index is 11.8. The third-order valence-corrected chi connectivity index (χ3v) is 4.57. The minimum absolute atomic E-state index is 0.233. The van der Waals surface area contributed by atoms with Gasteiger partial charge < -0.3 is 14.8 Å². The number of nitrogens with one attached hydrogen (secondary N) is 1. The van der Waals surface area contributed by atoms with Crippen molar-refractivity contribution in [2.75, 3.05) is 7.11 Å². The molecule has 0 atom stereocenters. The number of aromatic nitrogens is 1. The molecule has 4 nitrogen and oxygen atoms in total. The number of aromatic amines is 1. The molecule has 0 unspecified atom stereocenters. The van der Waals surface area contributed by atoms with Crippen molar-refractivity contribution in [3.05, 3.63) is 89.6 Å². The molecule has 4 rings (SSSR count). The van der Waals surface area contributed by atoms with E-state index < -0.39 is 5.97 Å². The van der Waals surface area contributed by atoms with Crippen molar-refractivity contribution in [2.45, 2.75) is 0 Å². The first-order valence-corrected chi connectivity index (χ1v) is 8.75. The molecule has 0 aliphatic carbocycles. The van der Waals surface area contributed by atoms with Gasteiger partial charge in [-0.3, -0.25) is 0 Å². The van der Waals surface area contributed by atoms with Crippen LogP contribution >= 0.6 is 0 Å². The van der Waals surface area contributed by atoms with Crippen LogP contribution in [-0.4, -0.2) is 23.2 Å². The predicted molar refractivity (Wildman–Crippen MR) is 110 cm³/mol. The van der Waals surface area contributed by atoms with E-state index in [0.717, 1.165) is 27.8 Å². The summed E-state index contributed by atoms with van der Waals surface area (Å²) in [5.41, 5.74) is 4.18. The molecule has 3 aromatic carbocycles. The van der Waals surface area contributed by atoms with Crippen molar-refractivity contribution in [3.63, 3.8) is 0 Å². The molecule has 4 aromatic rings. The van der Waals surface area contributed by atoms with E-state index in [2.05, 4.69) is 16.8 Å². The molecule has 0 radical (unpaired) electrons. The molecule has 0 spiro atoms. The summed E-state index contributed by atoms with van der Waals surface area (Å²) in [6.45, 7) is 0. The van der Waals surface area contributed by atoms with Gasteiger partial charge in [0.1, 0.15) is 5.75 Å². The summed E-state index contributed by atoms with van der Waals surface area (Å²) >= 11 is 0. The molecule has 0 aliphatic rings. The van der Waals surface area contributed by atoms with Crippen LogP contribution in [0.25, 0.3) is 22.0 Å². The van der Waals surface area contributed by atoms with Gasteiger partial charge >= 0.3 is 5.97 Å². The monoisotopic (exact) mass is 367 g/mol. The molecule has 136 valence electrons. The molecule has 1 heterocycles. The molecule has 0 bridgehead atoms. The molecule has 28 heavy (non-hydrogen) atoms. The third-order valence-electron chi connectivity index (χ3n) is 4.57. The van der Waals surface area contributed by atoms with E-state index in [1.807, 2.05) is 60.8 Å². The smallest absolute Gasteiger partial charge is 0.336 e. The van der Waals surface area contributed by atoms with Crippen molar-refractivity contribution in [1.29, 1.82) is 0 Å². The van der Waals surface area contributed by atoms with Crippen LogP contribution in [-0.2, 0) is 0 Å². The second-order valence-electron chi connectivity index (χ2n) is 6.29. The molecule has 0 saturated heterocycles. The average Bonchev–Trinajstić information content (AvgIpc) is 3.20.